The number of benzene rings is 1. The van der Waals surface area contributed by atoms with Crippen LogP contribution in [0.5, 0.6) is 0 Å². The van der Waals surface area contributed by atoms with Gasteiger partial charge in [0.25, 0.3) is 6.43 Å². The van der Waals surface area contributed by atoms with Crippen molar-refractivity contribution in [1.29, 1.82) is 0 Å². The van der Waals surface area contributed by atoms with Crippen LogP contribution in [0.2, 0.25) is 0 Å². The number of hydrogen-bond donors (Lipinski definition) is 0. The van der Waals surface area contributed by atoms with Gasteiger partial charge < -0.3 is 9.64 Å². The Hall–Kier alpha value is -2.50. The summed E-state index contributed by atoms with van der Waals surface area (Å²) in [4.78, 5) is 15.9. The quantitative estimate of drug-likeness (QED) is 0.394. The Morgan fingerprint density at radius 2 is 1.82 bits per heavy atom. The molecule has 6 rings (SSSR count). The number of halogens is 2. The van der Waals surface area contributed by atoms with E-state index in [4.69, 9.17) is 14.7 Å². The molecule has 2 saturated heterocycles. The molecule has 0 bridgehead atoms. The molecule has 1 aliphatic carbocycles. The number of ether oxygens (including phenoxy) is 1. The van der Waals surface area contributed by atoms with Crippen molar-refractivity contribution in [3.05, 3.63) is 41.9 Å². The molecule has 2 aromatic heterocycles. The molecule has 2 aliphatic heterocycles. The van der Waals surface area contributed by atoms with Gasteiger partial charge in [-0.3, -0.25) is 4.57 Å². The molecule has 8 nitrogen and oxygen atoms in total. The highest BCUT2D eigenvalue weighted by Crippen LogP contribution is 2.33. The number of alkyl halides is 2. The molecule has 1 atom stereocenters. The van der Waals surface area contributed by atoms with Crippen LogP contribution < -0.4 is 4.90 Å². The molecule has 4 heterocycles. The highest BCUT2D eigenvalue weighted by molar-refractivity contribution is 7.82. The largest absolute Gasteiger partial charge is 0.378 e. The van der Waals surface area contributed by atoms with Gasteiger partial charge in [-0.05, 0) is 63.0 Å². The summed E-state index contributed by atoms with van der Waals surface area (Å²) in [5, 5.41) is 0. The summed E-state index contributed by atoms with van der Waals surface area (Å²) in [6.45, 7) is 3.49. The molecule has 0 N–H and O–H groups in total. The van der Waals surface area contributed by atoms with Crippen LogP contribution in [0.1, 0.15) is 62.9 Å². The number of nitrogens with zero attached hydrogens (tertiary/aromatic N) is 6. The van der Waals surface area contributed by atoms with Crippen LogP contribution in [0, 0.1) is 5.92 Å². The summed E-state index contributed by atoms with van der Waals surface area (Å²) in [6.07, 6.45) is 5.77. The van der Waals surface area contributed by atoms with Gasteiger partial charge >= 0.3 is 0 Å². The lowest BCUT2D eigenvalue weighted by Crippen LogP contribution is -2.37. The SMILES string of the molecule is O=S1CCCN1C1CCC(CCCc2cc(-n3c(C(F)F)nc4ccccc43)nc(N3CCOCC3)n2)CC1. The number of morpholine rings is 1. The highest BCUT2D eigenvalue weighted by atomic mass is 32.2. The molecule has 11 heteroatoms. The Bertz CT molecular complexity index is 1310. The second-order valence-corrected chi connectivity index (χ2v) is 12.3. The molecule has 3 aromatic rings. The minimum absolute atomic E-state index is 0.301. The van der Waals surface area contributed by atoms with Crippen LogP contribution in [0.25, 0.3) is 16.9 Å². The minimum Gasteiger partial charge on any atom is -0.378 e. The average molecular weight is 559 g/mol. The first-order chi connectivity index (χ1) is 19.1. The van der Waals surface area contributed by atoms with Crippen molar-refractivity contribution < 1.29 is 17.7 Å². The summed E-state index contributed by atoms with van der Waals surface area (Å²) in [7, 11) is -0.779. The standard InChI is InChI=1S/C28H36F2N6O2S/c29-26(30)27-32-23-7-1-2-8-24(23)36(27)25-19-21(31-28(33-25)34-14-16-38-17-15-34)6-3-5-20-9-11-22(12-10-20)35-13-4-18-39(35)37/h1-2,7-8,19-20,22,26H,3-6,9-18H2. The van der Waals surface area contributed by atoms with E-state index in [1.54, 1.807) is 18.2 Å². The van der Waals surface area contributed by atoms with Gasteiger partial charge in [-0.1, -0.05) is 18.6 Å². The van der Waals surface area contributed by atoms with E-state index in [9.17, 15) is 13.0 Å². The number of para-hydroxylation sites is 2. The predicted octanol–water partition coefficient (Wildman–Crippen LogP) is 4.84. The first-order valence-corrected chi connectivity index (χ1v) is 15.5. The molecule has 39 heavy (non-hydrogen) atoms. The van der Waals surface area contributed by atoms with Gasteiger partial charge in [-0.25, -0.2) is 27.3 Å². The third-order valence-corrected chi connectivity index (χ3v) is 9.93. The third kappa shape index (κ3) is 5.85. The Labute approximate surface area is 230 Å². The Balaban J connectivity index is 1.19. The van der Waals surface area contributed by atoms with Gasteiger partial charge in [0.05, 0.1) is 35.2 Å². The van der Waals surface area contributed by atoms with Crippen molar-refractivity contribution in [2.24, 2.45) is 5.92 Å². The number of fused-ring (bicyclic) bond motifs is 1. The lowest BCUT2D eigenvalue weighted by atomic mass is 9.83. The molecule has 1 saturated carbocycles. The number of aryl methyl sites for hydroxylation is 1. The maximum atomic E-state index is 14.1. The van der Waals surface area contributed by atoms with E-state index in [1.165, 1.54) is 17.4 Å². The molecule has 3 aliphatic rings. The average Bonchev–Trinajstić information content (AvgIpc) is 3.58. The Morgan fingerprint density at radius 1 is 1.03 bits per heavy atom. The Kier molecular flexibility index (Phi) is 8.17. The molecule has 1 aromatic carbocycles. The lowest BCUT2D eigenvalue weighted by molar-refractivity contribution is 0.122. The zero-order valence-corrected chi connectivity index (χ0v) is 23.0. The van der Waals surface area contributed by atoms with Gasteiger partial charge in [0.1, 0.15) is 5.82 Å². The van der Waals surface area contributed by atoms with E-state index in [-0.39, 0.29) is 5.82 Å². The number of hydrogen-bond acceptors (Lipinski definition) is 6. The van der Waals surface area contributed by atoms with Gasteiger partial charge in [0.2, 0.25) is 5.95 Å². The van der Waals surface area contributed by atoms with E-state index < -0.39 is 17.4 Å². The molecule has 1 unspecified atom stereocenters. The van der Waals surface area contributed by atoms with Gasteiger partial charge in [0.15, 0.2) is 5.82 Å². The summed E-state index contributed by atoms with van der Waals surface area (Å²) >= 11 is 0. The zero-order valence-electron chi connectivity index (χ0n) is 22.2. The van der Waals surface area contributed by atoms with Crippen LogP contribution >= 0.6 is 0 Å². The van der Waals surface area contributed by atoms with Crippen LogP contribution in [-0.4, -0.2) is 72.7 Å². The number of rotatable bonds is 8. The van der Waals surface area contributed by atoms with Crippen molar-refractivity contribution >= 4 is 28.0 Å². The second-order valence-electron chi connectivity index (χ2n) is 10.8. The molecule has 0 spiro atoms. The fourth-order valence-electron chi connectivity index (χ4n) is 6.25. The van der Waals surface area contributed by atoms with Crippen molar-refractivity contribution in [3.8, 4) is 5.82 Å². The van der Waals surface area contributed by atoms with E-state index >= 15 is 0 Å². The smallest absolute Gasteiger partial charge is 0.296 e. The maximum absolute atomic E-state index is 14.1. The fourth-order valence-corrected chi connectivity index (χ4v) is 7.74. The maximum Gasteiger partial charge on any atom is 0.296 e. The van der Waals surface area contributed by atoms with Crippen molar-refractivity contribution in [2.75, 3.05) is 43.5 Å². The second kappa shape index (κ2) is 11.9. The van der Waals surface area contributed by atoms with Crippen molar-refractivity contribution in [3.63, 3.8) is 0 Å². The van der Waals surface area contributed by atoms with Crippen molar-refractivity contribution in [1.82, 2.24) is 23.8 Å². The molecule has 210 valence electrons. The Morgan fingerprint density at radius 3 is 2.56 bits per heavy atom. The van der Waals surface area contributed by atoms with Crippen LogP contribution in [0.4, 0.5) is 14.7 Å². The number of imidazole rings is 1. The number of aromatic nitrogens is 4. The monoisotopic (exact) mass is 558 g/mol. The van der Waals surface area contributed by atoms with E-state index in [0.717, 1.165) is 56.5 Å². The summed E-state index contributed by atoms with van der Waals surface area (Å²) in [5.74, 6) is 2.18. The number of anilines is 1. The molecule has 0 amide bonds. The van der Waals surface area contributed by atoms with Gasteiger partial charge in [-0.15, -0.1) is 0 Å². The van der Waals surface area contributed by atoms with E-state index in [2.05, 4.69) is 14.2 Å². The highest BCUT2D eigenvalue weighted by Gasteiger charge is 2.31. The summed E-state index contributed by atoms with van der Waals surface area (Å²) < 4.78 is 49.6. The molecule has 0 radical (unpaired) electrons. The predicted molar refractivity (Wildman–Crippen MR) is 148 cm³/mol. The first kappa shape index (κ1) is 26.7. The van der Waals surface area contributed by atoms with E-state index in [1.807, 2.05) is 12.1 Å². The van der Waals surface area contributed by atoms with Crippen LogP contribution in [0.3, 0.4) is 0 Å². The van der Waals surface area contributed by atoms with Gasteiger partial charge in [0, 0.05) is 43.2 Å². The minimum atomic E-state index is -2.73. The summed E-state index contributed by atoms with van der Waals surface area (Å²) in [5.41, 5.74) is 2.00. The third-order valence-electron chi connectivity index (χ3n) is 8.29. The topological polar surface area (TPSA) is 76.4 Å². The normalized spacial score (nSPS) is 24.7. The lowest BCUT2D eigenvalue weighted by Gasteiger charge is -2.33. The summed E-state index contributed by atoms with van der Waals surface area (Å²) in [6, 6.07) is 9.51. The van der Waals surface area contributed by atoms with E-state index in [0.29, 0.717) is 61.1 Å². The molecule has 3 fully saturated rings. The zero-order chi connectivity index (χ0) is 26.8. The first-order valence-electron chi connectivity index (χ1n) is 14.2. The fraction of sp³-hybridized carbons (Fsp3) is 0.607. The van der Waals surface area contributed by atoms with Crippen LogP contribution in [-0.2, 0) is 22.1 Å². The van der Waals surface area contributed by atoms with Crippen molar-refractivity contribution in [2.45, 2.75) is 63.8 Å². The molecular weight excluding hydrogens is 522 g/mol. The van der Waals surface area contributed by atoms with Gasteiger partial charge in [-0.2, -0.15) is 4.98 Å². The molecular formula is C28H36F2N6O2S. The van der Waals surface area contributed by atoms with Crippen LogP contribution in [0.15, 0.2) is 30.3 Å².